The Morgan fingerprint density at radius 1 is 1.18 bits per heavy atom. The van der Waals surface area contributed by atoms with Crippen molar-refractivity contribution in [1.29, 1.82) is 0 Å². The molecule has 1 fully saturated rings. The fourth-order valence-electron chi connectivity index (χ4n) is 4.62. The van der Waals surface area contributed by atoms with E-state index in [2.05, 4.69) is 11.1 Å². The van der Waals surface area contributed by atoms with Gasteiger partial charge in [0, 0.05) is 48.8 Å². The van der Waals surface area contributed by atoms with Gasteiger partial charge >= 0.3 is 0 Å². The quantitative estimate of drug-likeness (QED) is 0.557. The summed E-state index contributed by atoms with van der Waals surface area (Å²) < 4.78 is 2.04. The Morgan fingerprint density at radius 3 is 2.61 bits per heavy atom. The summed E-state index contributed by atoms with van der Waals surface area (Å²) >= 11 is 1.52. The van der Waals surface area contributed by atoms with E-state index in [1.165, 1.54) is 24.2 Å². The first kappa shape index (κ1) is 21.8. The Hall–Kier alpha value is -3.00. The Kier molecular flexibility index (Phi) is 5.78. The van der Waals surface area contributed by atoms with Crippen molar-refractivity contribution in [3.05, 3.63) is 68.4 Å². The van der Waals surface area contributed by atoms with Crippen LogP contribution in [0.5, 0.6) is 0 Å². The SMILES string of the molecule is Cc1cc(C)cc(C(=O)N2CCc3c(c(C(=O)N(C)Cc4cscn4)nn3CC3CC3)C2)c1. The van der Waals surface area contributed by atoms with E-state index in [0.717, 1.165) is 34.6 Å². The lowest BCUT2D eigenvalue weighted by atomic mass is 10.0. The molecule has 33 heavy (non-hydrogen) atoms. The van der Waals surface area contributed by atoms with Crippen molar-refractivity contribution < 1.29 is 9.59 Å². The Labute approximate surface area is 198 Å². The number of amides is 2. The van der Waals surface area contributed by atoms with E-state index in [-0.39, 0.29) is 11.8 Å². The fourth-order valence-corrected chi connectivity index (χ4v) is 5.17. The maximum atomic E-state index is 13.4. The molecule has 7 nitrogen and oxygen atoms in total. The summed E-state index contributed by atoms with van der Waals surface area (Å²) in [7, 11) is 1.79. The highest BCUT2D eigenvalue weighted by Crippen LogP contribution is 2.33. The molecule has 1 aliphatic carbocycles. The number of benzene rings is 1. The van der Waals surface area contributed by atoms with Crippen molar-refractivity contribution in [2.45, 2.75) is 52.7 Å². The van der Waals surface area contributed by atoms with Gasteiger partial charge in [0.05, 0.1) is 24.3 Å². The van der Waals surface area contributed by atoms with Crippen molar-refractivity contribution in [2.75, 3.05) is 13.6 Å². The summed E-state index contributed by atoms with van der Waals surface area (Å²) in [6, 6.07) is 5.95. The van der Waals surface area contributed by atoms with Gasteiger partial charge in [-0.1, -0.05) is 17.2 Å². The predicted molar refractivity (Wildman–Crippen MR) is 127 cm³/mol. The van der Waals surface area contributed by atoms with Crippen LogP contribution in [-0.2, 0) is 26.1 Å². The molecule has 3 heterocycles. The van der Waals surface area contributed by atoms with Crippen LogP contribution < -0.4 is 0 Å². The normalized spacial score (nSPS) is 15.4. The molecule has 172 valence electrons. The number of hydrogen-bond donors (Lipinski definition) is 0. The summed E-state index contributed by atoms with van der Waals surface area (Å²) in [6.07, 6.45) is 3.16. The molecule has 8 heteroatoms. The minimum atomic E-state index is -0.116. The van der Waals surface area contributed by atoms with Gasteiger partial charge in [-0.3, -0.25) is 14.3 Å². The smallest absolute Gasteiger partial charge is 0.274 e. The zero-order valence-corrected chi connectivity index (χ0v) is 20.2. The molecule has 0 radical (unpaired) electrons. The number of carbonyl (C=O) groups is 2. The molecule has 2 amide bonds. The van der Waals surface area contributed by atoms with E-state index >= 15 is 0 Å². The van der Waals surface area contributed by atoms with Gasteiger partial charge in [-0.05, 0) is 44.7 Å². The fraction of sp³-hybridized carbons (Fsp3) is 0.440. The molecular weight excluding hydrogens is 434 g/mol. The summed E-state index contributed by atoms with van der Waals surface area (Å²) in [5, 5.41) is 6.74. The number of carbonyl (C=O) groups excluding carboxylic acids is 2. The number of aromatic nitrogens is 3. The van der Waals surface area contributed by atoms with Gasteiger partial charge in [-0.25, -0.2) is 4.98 Å². The number of aryl methyl sites for hydroxylation is 2. The molecule has 1 aromatic carbocycles. The minimum Gasteiger partial charge on any atom is -0.334 e. The maximum Gasteiger partial charge on any atom is 0.274 e. The third-order valence-corrected chi connectivity index (χ3v) is 7.09. The van der Waals surface area contributed by atoms with Crippen LogP contribution in [0, 0.1) is 19.8 Å². The third-order valence-electron chi connectivity index (χ3n) is 6.45. The summed E-state index contributed by atoms with van der Waals surface area (Å²) in [6.45, 7) is 6.37. The first-order chi connectivity index (χ1) is 15.9. The van der Waals surface area contributed by atoms with Crippen molar-refractivity contribution in [3.8, 4) is 0 Å². The Balaban J connectivity index is 1.43. The van der Waals surface area contributed by atoms with Gasteiger partial charge in [0.2, 0.25) is 0 Å². The Bertz CT molecular complexity index is 1180. The van der Waals surface area contributed by atoms with Crippen LogP contribution in [0.15, 0.2) is 29.1 Å². The molecule has 3 aromatic rings. The number of rotatable bonds is 6. The monoisotopic (exact) mass is 463 g/mol. The van der Waals surface area contributed by atoms with Gasteiger partial charge in [-0.15, -0.1) is 11.3 Å². The van der Waals surface area contributed by atoms with Crippen LogP contribution in [-0.4, -0.2) is 50.0 Å². The highest BCUT2D eigenvalue weighted by atomic mass is 32.1. The average Bonchev–Trinajstić information content (AvgIpc) is 3.32. The van der Waals surface area contributed by atoms with Crippen LogP contribution in [0.3, 0.4) is 0 Å². The lowest BCUT2D eigenvalue weighted by Crippen LogP contribution is -2.37. The number of thiazole rings is 1. The number of nitrogens with zero attached hydrogens (tertiary/aromatic N) is 5. The lowest BCUT2D eigenvalue weighted by molar-refractivity contribution is 0.0720. The van der Waals surface area contributed by atoms with Gasteiger partial charge in [0.1, 0.15) is 0 Å². The largest absolute Gasteiger partial charge is 0.334 e. The van der Waals surface area contributed by atoms with Gasteiger partial charge in [-0.2, -0.15) is 5.10 Å². The van der Waals surface area contributed by atoms with E-state index in [1.807, 2.05) is 40.9 Å². The second-order valence-corrected chi connectivity index (χ2v) is 10.1. The summed E-state index contributed by atoms with van der Waals surface area (Å²) in [5.74, 6) is 0.547. The third kappa shape index (κ3) is 4.57. The van der Waals surface area contributed by atoms with E-state index in [1.54, 1.807) is 17.5 Å². The molecule has 5 rings (SSSR count). The molecule has 0 bridgehead atoms. The molecule has 0 atom stereocenters. The van der Waals surface area contributed by atoms with Crippen LogP contribution in [0.4, 0.5) is 0 Å². The molecule has 2 aliphatic rings. The molecule has 0 saturated heterocycles. The van der Waals surface area contributed by atoms with Crippen molar-refractivity contribution >= 4 is 23.2 Å². The first-order valence-electron chi connectivity index (χ1n) is 11.5. The standard InChI is InChI=1S/C25H29N5O2S/c1-16-8-17(2)10-19(9-16)24(31)29-7-6-22-21(13-29)23(27-30(22)11-18-4-5-18)25(32)28(3)12-20-14-33-15-26-20/h8-10,14-15,18H,4-7,11-13H2,1-3H3. The van der Waals surface area contributed by atoms with Crippen molar-refractivity contribution in [2.24, 2.45) is 5.92 Å². The van der Waals surface area contributed by atoms with Gasteiger partial charge in [0.15, 0.2) is 5.69 Å². The second kappa shape index (κ2) is 8.74. The molecule has 0 unspecified atom stereocenters. The number of hydrogen-bond acceptors (Lipinski definition) is 5. The van der Waals surface area contributed by atoms with Crippen LogP contribution in [0.2, 0.25) is 0 Å². The topological polar surface area (TPSA) is 71.3 Å². The van der Waals surface area contributed by atoms with E-state index in [4.69, 9.17) is 5.10 Å². The predicted octanol–water partition coefficient (Wildman–Crippen LogP) is 3.84. The number of fused-ring (bicyclic) bond motifs is 1. The highest BCUT2D eigenvalue weighted by molar-refractivity contribution is 7.07. The zero-order chi connectivity index (χ0) is 23.1. The summed E-state index contributed by atoms with van der Waals surface area (Å²) in [4.78, 5) is 34.6. The molecule has 1 aliphatic heterocycles. The van der Waals surface area contributed by atoms with Gasteiger partial charge < -0.3 is 9.80 Å². The Morgan fingerprint density at radius 2 is 1.94 bits per heavy atom. The van der Waals surface area contributed by atoms with Crippen LogP contribution >= 0.6 is 11.3 Å². The van der Waals surface area contributed by atoms with Crippen LogP contribution in [0.25, 0.3) is 0 Å². The summed E-state index contributed by atoms with van der Waals surface area (Å²) in [5.41, 5.74) is 7.98. The first-order valence-corrected chi connectivity index (χ1v) is 12.4. The lowest BCUT2D eigenvalue weighted by Gasteiger charge is -2.28. The molecule has 1 saturated carbocycles. The molecule has 2 aromatic heterocycles. The van der Waals surface area contributed by atoms with Crippen molar-refractivity contribution in [3.63, 3.8) is 0 Å². The van der Waals surface area contributed by atoms with Crippen LogP contribution in [0.1, 0.15) is 61.8 Å². The highest BCUT2D eigenvalue weighted by Gasteiger charge is 2.33. The van der Waals surface area contributed by atoms with E-state index < -0.39 is 0 Å². The van der Waals surface area contributed by atoms with Crippen molar-refractivity contribution in [1.82, 2.24) is 24.6 Å². The average molecular weight is 464 g/mol. The molecule has 0 N–H and O–H groups in total. The molecule has 0 spiro atoms. The zero-order valence-electron chi connectivity index (χ0n) is 19.4. The van der Waals surface area contributed by atoms with E-state index in [0.29, 0.717) is 43.2 Å². The van der Waals surface area contributed by atoms with E-state index in [9.17, 15) is 9.59 Å². The minimum absolute atomic E-state index is 0.0108. The molecular formula is C25H29N5O2S. The van der Waals surface area contributed by atoms with Gasteiger partial charge in [0.25, 0.3) is 11.8 Å². The maximum absolute atomic E-state index is 13.4. The second-order valence-electron chi connectivity index (χ2n) is 9.39.